The molecule has 0 unspecified atom stereocenters. The Balaban J connectivity index is 1.52. The van der Waals surface area contributed by atoms with E-state index in [1.165, 1.54) is 12.1 Å². The molecule has 4 heterocycles. The third-order valence-corrected chi connectivity index (χ3v) is 5.46. The first-order valence-electron chi connectivity index (χ1n) is 9.78. The number of benzene rings is 1. The number of carbonyl (C=O) groups excluding carboxylic acids is 2. The largest absolute Gasteiger partial charge is 0.356 e. The van der Waals surface area contributed by atoms with Crippen LogP contribution in [0.2, 0.25) is 0 Å². The predicted molar refractivity (Wildman–Crippen MR) is 109 cm³/mol. The molecule has 1 aromatic carbocycles. The second-order valence-electron chi connectivity index (χ2n) is 7.39. The Morgan fingerprint density at radius 1 is 1.03 bits per heavy atom. The lowest BCUT2D eigenvalue weighted by atomic mass is 10.00. The van der Waals surface area contributed by atoms with E-state index in [-0.39, 0.29) is 35.5 Å². The van der Waals surface area contributed by atoms with Crippen LogP contribution in [0.25, 0.3) is 11.3 Å². The molecule has 0 bridgehead atoms. The van der Waals surface area contributed by atoms with Gasteiger partial charge in [0, 0.05) is 12.7 Å². The van der Waals surface area contributed by atoms with Crippen molar-refractivity contribution in [2.24, 2.45) is 0 Å². The van der Waals surface area contributed by atoms with Crippen molar-refractivity contribution in [2.45, 2.75) is 18.9 Å². The number of rotatable bonds is 4. The molecule has 31 heavy (non-hydrogen) atoms. The van der Waals surface area contributed by atoms with Crippen LogP contribution >= 0.6 is 0 Å². The van der Waals surface area contributed by atoms with Gasteiger partial charge in [0.1, 0.15) is 17.5 Å². The molecule has 0 saturated carbocycles. The van der Waals surface area contributed by atoms with Crippen molar-refractivity contribution in [3.8, 4) is 11.3 Å². The highest BCUT2D eigenvalue weighted by molar-refractivity contribution is 6.04. The van der Waals surface area contributed by atoms with Gasteiger partial charge in [0.15, 0.2) is 0 Å². The number of amides is 2. The van der Waals surface area contributed by atoms with Crippen molar-refractivity contribution in [3.63, 3.8) is 0 Å². The maximum Gasteiger partial charge on any atom is 0.255 e. The molecule has 2 amide bonds. The number of hydrogen-bond donors (Lipinski definition) is 3. The number of nitrogens with zero attached hydrogens (tertiary/aromatic N) is 2. The first-order chi connectivity index (χ1) is 15.0. The number of nitrogens with one attached hydrogen (secondary N) is 3. The zero-order chi connectivity index (χ0) is 21.5. The molecule has 2 aliphatic rings. The molecule has 1 atom stereocenters. The summed E-state index contributed by atoms with van der Waals surface area (Å²) in [4.78, 5) is 32.8. The third kappa shape index (κ3) is 3.37. The van der Waals surface area contributed by atoms with E-state index in [0.29, 0.717) is 35.7 Å². The minimum absolute atomic E-state index is 0.0253. The van der Waals surface area contributed by atoms with Crippen LogP contribution in [0.1, 0.15) is 34.0 Å². The smallest absolute Gasteiger partial charge is 0.255 e. The van der Waals surface area contributed by atoms with Gasteiger partial charge in [0.25, 0.3) is 5.91 Å². The average Bonchev–Trinajstić information content (AvgIpc) is 3.34. The van der Waals surface area contributed by atoms with Crippen LogP contribution < -0.4 is 16.0 Å². The Bertz CT molecular complexity index is 1190. The second-order valence-corrected chi connectivity index (χ2v) is 7.39. The van der Waals surface area contributed by atoms with Crippen molar-refractivity contribution in [1.29, 1.82) is 0 Å². The molecule has 2 aromatic heterocycles. The summed E-state index contributed by atoms with van der Waals surface area (Å²) >= 11 is 0. The van der Waals surface area contributed by atoms with Crippen LogP contribution in [0.5, 0.6) is 0 Å². The van der Waals surface area contributed by atoms with Gasteiger partial charge in [0.05, 0.1) is 40.7 Å². The Hall–Kier alpha value is -3.88. The van der Waals surface area contributed by atoms with E-state index >= 15 is 0 Å². The Kier molecular flexibility index (Phi) is 4.58. The maximum atomic E-state index is 14.3. The summed E-state index contributed by atoms with van der Waals surface area (Å²) < 4.78 is 28.6. The molecule has 2 aliphatic heterocycles. The van der Waals surface area contributed by atoms with Crippen LogP contribution in [0.3, 0.4) is 0 Å². The number of fused-ring (bicyclic) bond motifs is 1. The fourth-order valence-corrected chi connectivity index (χ4v) is 3.94. The third-order valence-electron chi connectivity index (χ3n) is 5.46. The number of hydrogen-bond acceptors (Lipinski definition) is 5. The van der Waals surface area contributed by atoms with Crippen molar-refractivity contribution in [1.82, 2.24) is 20.6 Å². The summed E-state index contributed by atoms with van der Waals surface area (Å²) in [5.41, 5.74) is 1.66. The topological polar surface area (TPSA) is 96.0 Å². The van der Waals surface area contributed by atoms with E-state index in [9.17, 15) is 18.4 Å². The normalized spacial score (nSPS) is 17.3. The number of carbonyl (C=O) groups is 2. The average molecular weight is 421 g/mol. The van der Waals surface area contributed by atoms with Crippen LogP contribution in [0.15, 0.2) is 42.6 Å². The molecule has 5 rings (SSSR count). The summed E-state index contributed by atoms with van der Waals surface area (Å²) in [6, 6.07) is 8.52. The highest BCUT2D eigenvalue weighted by atomic mass is 19.1. The highest BCUT2D eigenvalue weighted by Gasteiger charge is 2.28. The van der Waals surface area contributed by atoms with Crippen molar-refractivity contribution in [2.75, 3.05) is 11.9 Å². The molecule has 7 nitrogen and oxygen atoms in total. The van der Waals surface area contributed by atoms with Crippen molar-refractivity contribution < 1.29 is 18.4 Å². The fourth-order valence-electron chi connectivity index (χ4n) is 3.94. The van der Waals surface area contributed by atoms with Gasteiger partial charge in [-0.1, -0.05) is 12.1 Å². The summed E-state index contributed by atoms with van der Waals surface area (Å²) in [6.45, 7) is 0.799. The van der Waals surface area contributed by atoms with Gasteiger partial charge in [-0.25, -0.2) is 18.7 Å². The number of aromatic nitrogens is 2. The van der Waals surface area contributed by atoms with Crippen LogP contribution in [0, 0.1) is 11.6 Å². The molecular formula is C22H17F2N5O2. The maximum absolute atomic E-state index is 14.3. The summed E-state index contributed by atoms with van der Waals surface area (Å²) in [6.07, 6.45) is 2.32. The Morgan fingerprint density at radius 3 is 2.52 bits per heavy atom. The van der Waals surface area contributed by atoms with Gasteiger partial charge >= 0.3 is 0 Å². The van der Waals surface area contributed by atoms with E-state index in [2.05, 4.69) is 25.9 Å². The first-order valence-corrected chi connectivity index (χ1v) is 9.78. The molecule has 0 aliphatic carbocycles. The molecule has 0 radical (unpaired) electrons. The van der Waals surface area contributed by atoms with Gasteiger partial charge < -0.3 is 16.0 Å². The zero-order valence-corrected chi connectivity index (χ0v) is 16.2. The van der Waals surface area contributed by atoms with Gasteiger partial charge in [0.2, 0.25) is 5.91 Å². The molecule has 1 saturated heterocycles. The fraction of sp³-hybridized carbons (Fsp3) is 0.182. The summed E-state index contributed by atoms with van der Waals surface area (Å²) in [7, 11) is 0. The van der Waals surface area contributed by atoms with Gasteiger partial charge in [-0.15, -0.1) is 0 Å². The van der Waals surface area contributed by atoms with Crippen molar-refractivity contribution >= 4 is 23.3 Å². The first kappa shape index (κ1) is 19.1. The predicted octanol–water partition coefficient (Wildman–Crippen LogP) is 3.01. The number of pyridine rings is 2. The minimum Gasteiger partial charge on any atom is -0.356 e. The Morgan fingerprint density at radius 2 is 1.84 bits per heavy atom. The summed E-state index contributed by atoms with van der Waals surface area (Å²) in [5.74, 6) is -1.64. The lowest BCUT2D eigenvalue weighted by Gasteiger charge is -2.13. The lowest BCUT2D eigenvalue weighted by Crippen LogP contribution is -2.18. The molecule has 3 aromatic rings. The standard InChI is InChI=1S/C22H17F2N5O2/c23-13-2-1-3-14(24)19(13)15-8-16(20-17(28-15)10-27-22(20)31)29-18-5-4-11(9-26-18)12-6-7-25-21(12)30/h1-5,8-9,12H,6-7,10H2,(H,25,30)(H,27,31)(H,26,28,29)/t12-/m1/s1. The molecule has 0 spiro atoms. The monoisotopic (exact) mass is 421 g/mol. The van der Waals surface area contributed by atoms with Gasteiger partial charge in [-0.2, -0.15) is 0 Å². The summed E-state index contributed by atoms with van der Waals surface area (Å²) in [5, 5.41) is 8.52. The van der Waals surface area contributed by atoms with Crippen LogP contribution in [-0.2, 0) is 11.3 Å². The van der Waals surface area contributed by atoms with E-state index < -0.39 is 11.6 Å². The van der Waals surface area contributed by atoms with Crippen molar-refractivity contribution in [3.05, 3.63) is 71.1 Å². The highest BCUT2D eigenvalue weighted by Crippen LogP contribution is 2.33. The molecule has 156 valence electrons. The number of anilines is 2. The van der Waals surface area contributed by atoms with E-state index in [1.807, 2.05) is 0 Å². The molecule has 3 N–H and O–H groups in total. The second kappa shape index (κ2) is 7.42. The molecular weight excluding hydrogens is 404 g/mol. The van der Waals surface area contributed by atoms with Crippen LogP contribution in [-0.4, -0.2) is 28.3 Å². The van der Waals surface area contributed by atoms with E-state index in [4.69, 9.17) is 0 Å². The van der Waals surface area contributed by atoms with E-state index in [0.717, 1.165) is 17.7 Å². The van der Waals surface area contributed by atoms with Gasteiger partial charge in [-0.05, 0) is 36.2 Å². The number of halogens is 2. The minimum atomic E-state index is -0.743. The SMILES string of the molecule is O=C1NCc2nc(-c3c(F)cccc3F)cc(Nc3ccc([C@H]4CCNC4=O)cn3)c21. The zero-order valence-electron chi connectivity index (χ0n) is 16.2. The van der Waals surface area contributed by atoms with E-state index in [1.54, 1.807) is 18.3 Å². The Labute approximate surface area is 175 Å². The molecule has 1 fully saturated rings. The molecule has 9 heteroatoms. The quantitative estimate of drug-likeness (QED) is 0.602. The lowest BCUT2D eigenvalue weighted by molar-refractivity contribution is -0.120. The van der Waals surface area contributed by atoms with Crippen LogP contribution in [0.4, 0.5) is 20.3 Å². The van der Waals surface area contributed by atoms with Gasteiger partial charge in [-0.3, -0.25) is 9.59 Å².